The lowest BCUT2D eigenvalue weighted by Gasteiger charge is -2.10. The highest BCUT2D eigenvalue weighted by Crippen LogP contribution is 2.17. The van der Waals surface area contributed by atoms with Crippen molar-refractivity contribution < 1.29 is 4.74 Å². The van der Waals surface area contributed by atoms with Gasteiger partial charge in [0, 0.05) is 6.54 Å². The number of rotatable bonds is 7. The fourth-order valence-corrected chi connectivity index (χ4v) is 2.13. The SMILES string of the molecule is CCc1cccc(OCc2c(C#N)nnn2CCC(C)C)c1. The summed E-state index contributed by atoms with van der Waals surface area (Å²) in [7, 11) is 0. The Morgan fingerprint density at radius 1 is 1.36 bits per heavy atom. The Balaban J connectivity index is 2.10. The minimum atomic E-state index is 0.307. The maximum Gasteiger partial charge on any atom is 0.189 e. The zero-order valence-electron chi connectivity index (χ0n) is 13.4. The molecule has 0 radical (unpaired) electrons. The molecule has 0 amide bonds. The summed E-state index contributed by atoms with van der Waals surface area (Å²) in [5.41, 5.74) is 2.31. The van der Waals surface area contributed by atoms with Crippen LogP contribution in [0.5, 0.6) is 5.75 Å². The Labute approximate surface area is 131 Å². The average Bonchev–Trinajstić information content (AvgIpc) is 2.93. The van der Waals surface area contributed by atoms with Gasteiger partial charge in [-0.05, 0) is 36.5 Å². The largest absolute Gasteiger partial charge is 0.487 e. The second-order valence-corrected chi connectivity index (χ2v) is 5.69. The van der Waals surface area contributed by atoms with Crippen LogP contribution in [0.25, 0.3) is 0 Å². The van der Waals surface area contributed by atoms with E-state index in [0.717, 1.165) is 30.8 Å². The predicted octanol–water partition coefficient (Wildman–Crippen LogP) is 3.34. The molecule has 0 unspecified atom stereocenters. The summed E-state index contributed by atoms with van der Waals surface area (Å²) in [6.07, 6.45) is 1.96. The van der Waals surface area contributed by atoms with E-state index in [1.165, 1.54) is 5.56 Å². The molecule has 1 heterocycles. The highest BCUT2D eigenvalue weighted by atomic mass is 16.5. The first-order chi connectivity index (χ1) is 10.6. The normalized spacial score (nSPS) is 10.7. The van der Waals surface area contributed by atoms with Crippen molar-refractivity contribution in [3.8, 4) is 11.8 Å². The quantitative estimate of drug-likeness (QED) is 0.786. The Hall–Kier alpha value is -2.35. The van der Waals surface area contributed by atoms with E-state index in [1.807, 2.05) is 18.2 Å². The van der Waals surface area contributed by atoms with Crippen molar-refractivity contribution in [3.63, 3.8) is 0 Å². The Morgan fingerprint density at radius 2 is 2.18 bits per heavy atom. The van der Waals surface area contributed by atoms with Gasteiger partial charge < -0.3 is 4.74 Å². The number of aryl methyl sites for hydroxylation is 2. The van der Waals surface area contributed by atoms with Gasteiger partial charge >= 0.3 is 0 Å². The van der Waals surface area contributed by atoms with Crippen LogP contribution in [0, 0.1) is 17.2 Å². The van der Waals surface area contributed by atoms with E-state index in [2.05, 4.69) is 43.2 Å². The van der Waals surface area contributed by atoms with Gasteiger partial charge in [-0.25, -0.2) is 4.68 Å². The molecule has 5 nitrogen and oxygen atoms in total. The van der Waals surface area contributed by atoms with Crippen molar-refractivity contribution in [3.05, 3.63) is 41.2 Å². The van der Waals surface area contributed by atoms with Gasteiger partial charge in [0.2, 0.25) is 0 Å². The van der Waals surface area contributed by atoms with E-state index >= 15 is 0 Å². The summed E-state index contributed by atoms with van der Waals surface area (Å²) in [6, 6.07) is 10.1. The van der Waals surface area contributed by atoms with Crippen LogP contribution in [-0.4, -0.2) is 15.0 Å². The fraction of sp³-hybridized carbons (Fsp3) is 0.471. The highest BCUT2D eigenvalue weighted by Gasteiger charge is 2.13. The molecule has 1 aromatic heterocycles. The van der Waals surface area contributed by atoms with E-state index in [-0.39, 0.29) is 0 Å². The van der Waals surface area contributed by atoms with Crippen molar-refractivity contribution in [2.45, 2.75) is 46.8 Å². The molecule has 0 saturated heterocycles. The fourth-order valence-electron chi connectivity index (χ4n) is 2.13. The first-order valence-electron chi connectivity index (χ1n) is 7.68. The lowest BCUT2D eigenvalue weighted by atomic mass is 10.1. The summed E-state index contributed by atoms with van der Waals surface area (Å²) in [4.78, 5) is 0. The molecule has 0 atom stereocenters. The topological polar surface area (TPSA) is 63.7 Å². The van der Waals surface area contributed by atoms with Gasteiger partial charge in [0.1, 0.15) is 24.1 Å². The second kappa shape index (κ2) is 7.60. The lowest BCUT2D eigenvalue weighted by Crippen LogP contribution is -2.10. The van der Waals surface area contributed by atoms with E-state index < -0.39 is 0 Å². The van der Waals surface area contributed by atoms with Crippen molar-refractivity contribution in [2.24, 2.45) is 5.92 Å². The zero-order chi connectivity index (χ0) is 15.9. The van der Waals surface area contributed by atoms with Gasteiger partial charge in [0.05, 0.1) is 0 Å². The van der Waals surface area contributed by atoms with Gasteiger partial charge in [-0.2, -0.15) is 5.26 Å². The molecular formula is C17H22N4O. The average molecular weight is 298 g/mol. The summed E-state index contributed by atoms with van der Waals surface area (Å²) in [5, 5.41) is 17.2. The standard InChI is InChI=1S/C17H22N4O/c1-4-14-6-5-7-15(10-14)22-12-17-16(11-18)19-20-21(17)9-8-13(2)3/h5-7,10,13H,4,8-9,12H2,1-3H3. The Kier molecular flexibility index (Phi) is 5.54. The lowest BCUT2D eigenvalue weighted by molar-refractivity contribution is 0.289. The molecule has 0 aliphatic carbocycles. The number of nitrogens with zero attached hydrogens (tertiary/aromatic N) is 4. The van der Waals surface area contributed by atoms with Crippen LogP contribution in [-0.2, 0) is 19.6 Å². The van der Waals surface area contributed by atoms with Crippen LogP contribution in [0.1, 0.15) is 44.1 Å². The van der Waals surface area contributed by atoms with Crippen LogP contribution in [0.2, 0.25) is 0 Å². The first kappa shape index (κ1) is 16.0. The van der Waals surface area contributed by atoms with Crippen molar-refractivity contribution in [1.82, 2.24) is 15.0 Å². The molecule has 116 valence electrons. The molecule has 2 rings (SSSR count). The Bertz CT molecular complexity index is 655. The smallest absolute Gasteiger partial charge is 0.189 e. The van der Waals surface area contributed by atoms with E-state index in [1.54, 1.807) is 4.68 Å². The molecule has 0 aliphatic heterocycles. The highest BCUT2D eigenvalue weighted by molar-refractivity contribution is 5.29. The number of aromatic nitrogens is 3. The third kappa shape index (κ3) is 4.08. The van der Waals surface area contributed by atoms with Crippen molar-refractivity contribution in [1.29, 1.82) is 5.26 Å². The van der Waals surface area contributed by atoms with Gasteiger partial charge in [-0.1, -0.05) is 38.1 Å². The molecule has 0 fully saturated rings. The minimum absolute atomic E-state index is 0.307. The molecule has 0 spiro atoms. The monoisotopic (exact) mass is 298 g/mol. The predicted molar refractivity (Wildman–Crippen MR) is 84.3 cm³/mol. The van der Waals surface area contributed by atoms with Crippen LogP contribution >= 0.6 is 0 Å². The van der Waals surface area contributed by atoms with Crippen LogP contribution < -0.4 is 4.74 Å². The zero-order valence-corrected chi connectivity index (χ0v) is 13.4. The minimum Gasteiger partial charge on any atom is -0.487 e. The van der Waals surface area contributed by atoms with E-state index in [9.17, 15) is 0 Å². The third-order valence-electron chi connectivity index (χ3n) is 3.54. The van der Waals surface area contributed by atoms with Crippen molar-refractivity contribution >= 4 is 0 Å². The van der Waals surface area contributed by atoms with Crippen LogP contribution in [0.3, 0.4) is 0 Å². The summed E-state index contributed by atoms with van der Waals surface area (Å²) in [6.45, 7) is 7.49. The molecule has 0 N–H and O–H groups in total. The maximum absolute atomic E-state index is 9.17. The van der Waals surface area contributed by atoms with Gasteiger partial charge in [-0.15, -0.1) is 5.10 Å². The molecular weight excluding hydrogens is 276 g/mol. The van der Waals surface area contributed by atoms with Crippen LogP contribution in [0.15, 0.2) is 24.3 Å². The second-order valence-electron chi connectivity index (χ2n) is 5.69. The number of hydrogen-bond donors (Lipinski definition) is 0. The van der Waals surface area contributed by atoms with E-state index in [0.29, 0.717) is 18.2 Å². The molecule has 22 heavy (non-hydrogen) atoms. The van der Waals surface area contributed by atoms with Gasteiger partial charge in [0.25, 0.3) is 0 Å². The molecule has 0 bridgehead atoms. The molecule has 0 aliphatic rings. The Morgan fingerprint density at radius 3 is 2.86 bits per heavy atom. The number of benzene rings is 1. The maximum atomic E-state index is 9.17. The summed E-state index contributed by atoms with van der Waals surface area (Å²) < 4.78 is 7.61. The summed E-state index contributed by atoms with van der Waals surface area (Å²) in [5.74, 6) is 1.38. The summed E-state index contributed by atoms with van der Waals surface area (Å²) >= 11 is 0. The molecule has 5 heteroatoms. The number of nitriles is 1. The van der Waals surface area contributed by atoms with Gasteiger partial charge in [-0.3, -0.25) is 0 Å². The molecule has 1 aromatic carbocycles. The first-order valence-corrected chi connectivity index (χ1v) is 7.68. The molecule has 2 aromatic rings. The number of ether oxygens (including phenoxy) is 1. The van der Waals surface area contributed by atoms with Crippen LogP contribution in [0.4, 0.5) is 0 Å². The van der Waals surface area contributed by atoms with Gasteiger partial charge in [0.15, 0.2) is 5.69 Å². The number of hydrogen-bond acceptors (Lipinski definition) is 4. The third-order valence-corrected chi connectivity index (χ3v) is 3.54. The van der Waals surface area contributed by atoms with Crippen molar-refractivity contribution in [2.75, 3.05) is 0 Å². The molecule has 0 saturated carbocycles. The van der Waals surface area contributed by atoms with E-state index in [4.69, 9.17) is 10.00 Å².